The molecule has 2 heterocycles. The van der Waals surface area contributed by atoms with Crippen LogP contribution in [-0.4, -0.2) is 28.0 Å². The third-order valence-electron chi connectivity index (χ3n) is 3.94. The normalized spacial score (nSPS) is 20.8. The van der Waals surface area contributed by atoms with Gasteiger partial charge in [-0.3, -0.25) is 0 Å². The highest BCUT2D eigenvalue weighted by molar-refractivity contribution is 14.1. The van der Waals surface area contributed by atoms with Crippen LogP contribution in [0.25, 0.3) is 10.9 Å². The Balaban J connectivity index is 1.97. The highest BCUT2D eigenvalue weighted by atomic mass is 127. The van der Waals surface area contributed by atoms with Gasteiger partial charge in [-0.1, -0.05) is 6.07 Å². The molecule has 1 aliphatic rings. The van der Waals surface area contributed by atoms with Crippen molar-refractivity contribution in [1.29, 1.82) is 0 Å². The number of aliphatic hydroxyl groups excluding tert-OH is 1. The molecule has 1 aromatic heterocycles. The fraction of sp³-hybridized carbons (Fsp3) is 0.533. The van der Waals surface area contributed by atoms with E-state index < -0.39 is 6.10 Å². The topological polar surface area (TPSA) is 73.3 Å². The Kier molecular flexibility index (Phi) is 4.78. The van der Waals surface area contributed by atoms with E-state index in [1.807, 2.05) is 22.9 Å². The monoisotopic (exact) mass is 401 g/mol. The molecule has 3 N–H and O–H groups in total. The maximum Gasteiger partial charge on any atom is 0.150 e. The molecule has 0 bridgehead atoms. The van der Waals surface area contributed by atoms with Crippen LogP contribution in [0.4, 0.5) is 0 Å². The van der Waals surface area contributed by atoms with Crippen LogP contribution < -0.4 is 5.73 Å². The van der Waals surface area contributed by atoms with Gasteiger partial charge >= 0.3 is 0 Å². The number of nitrogens with two attached hydrogens (primary N) is 1. The van der Waals surface area contributed by atoms with Gasteiger partial charge in [0.25, 0.3) is 0 Å². The second-order valence-electron chi connectivity index (χ2n) is 5.43. The number of ether oxygens (including phenoxy) is 1. The van der Waals surface area contributed by atoms with Crippen LogP contribution >= 0.6 is 22.6 Å². The van der Waals surface area contributed by atoms with Gasteiger partial charge in [0.05, 0.1) is 11.6 Å². The molecule has 1 aliphatic heterocycles. The molecule has 2 unspecified atom stereocenters. The fourth-order valence-electron chi connectivity index (χ4n) is 2.79. The van der Waals surface area contributed by atoms with E-state index in [0.29, 0.717) is 13.0 Å². The van der Waals surface area contributed by atoms with Gasteiger partial charge in [0, 0.05) is 12.0 Å². The maximum absolute atomic E-state index is 10.1. The summed E-state index contributed by atoms with van der Waals surface area (Å²) < 4.78 is 8.76. The van der Waals surface area contributed by atoms with Crippen molar-refractivity contribution in [2.75, 3.05) is 13.2 Å². The van der Waals surface area contributed by atoms with Crippen molar-refractivity contribution in [2.24, 2.45) is 5.73 Å². The highest BCUT2D eigenvalue weighted by Gasteiger charge is 2.21. The summed E-state index contributed by atoms with van der Waals surface area (Å²) in [7, 11) is 0. The van der Waals surface area contributed by atoms with E-state index in [2.05, 4.69) is 27.7 Å². The quantitative estimate of drug-likeness (QED) is 0.773. The molecular formula is C15H20IN3O2. The van der Waals surface area contributed by atoms with Crippen molar-refractivity contribution in [3.8, 4) is 0 Å². The molecule has 0 aliphatic carbocycles. The second kappa shape index (κ2) is 6.60. The first-order chi connectivity index (χ1) is 10.2. The van der Waals surface area contributed by atoms with Crippen molar-refractivity contribution in [3.05, 3.63) is 27.5 Å². The molecule has 1 saturated heterocycles. The number of aromatic nitrogens is 2. The number of fused-ring (bicyclic) bond motifs is 1. The minimum atomic E-state index is -0.510. The number of hydrogen-bond donors (Lipinski definition) is 2. The zero-order valence-corrected chi connectivity index (χ0v) is 14.0. The highest BCUT2D eigenvalue weighted by Crippen LogP contribution is 2.30. The molecule has 0 saturated carbocycles. The van der Waals surface area contributed by atoms with Crippen molar-refractivity contribution < 1.29 is 9.84 Å². The Morgan fingerprint density at radius 3 is 3.05 bits per heavy atom. The standard InChI is InChI=1S/C15H20IN3O2/c16-15-11-9-10(13(20)6-7-17)4-5-12(11)19(18-15)14-3-1-2-8-21-14/h4-5,9,13-14,20H,1-3,6-8,17H2. The van der Waals surface area contributed by atoms with Gasteiger partial charge in [0.1, 0.15) is 3.70 Å². The molecule has 5 nitrogen and oxygen atoms in total. The Bertz CT molecular complexity index is 623. The smallest absolute Gasteiger partial charge is 0.150 e. The molecule has 2 atom stereocenters. The van der Waals surface area contributed by atoms with E-state index in [4.69, 9.17) is 10.5 Å². The Morgan fingerprint density at radius 1 is 1.48 bits per heavy atom. The Labute approximate surface area is 137 Å². The lowest BCUT2D eigenvalue weighted by Gasteiger charge is -2.23. The fourth-order valence-corrected chi connectivity index (χ4v) is 3.45. The minimum Gasteiger partial charge on any atom is -0.388 e. The zero-order valence-electron chi connectivity index (χ0n) is 11.8. The third-order valence-corrected chi connectivity index (χ3v) is 4.74. The summed E-state index contributed by atoms with van der Waals surface area (Å²) >= 11 is 2.24. The summed E-state index contributed by atoms with van der Waals surface area (Å²) in [5.41, 5.74) is 7.48. The first-order valence-electron chi connectivity index (χ1n) is 7.38. The summed E-state index contributed by atoms with van der Waals surface area (Å²) in [6.45, 7) is 1.28. The van der Waals surface area contributed by atoms with Crippen molar-refractivity contribution in [3.63, 3.8) is 0 Å². The SMILES string of the molecule is NCCC(O)c1ccc2c(c1)c(I)nn2C1CCCCO1. The molecule has 3 rings (SSSR count). The number of rotatable bonds is 4. The van der Waals surface area contributed by atoms with Crippen LogP contribution in [0.5, 0.6) is 0 Å². The van der Waals surface area contributed by atoms with Crippen LogP contribution in [0.15, 0.2) is 18.2 Å². The summed E-state index contributed by atoms with van der Waals surface area (Å²) in [4.78, 5) is 0. The average molecular weight is 401 g/mol. The molecule has 0 spiro atoms. The van der Waals surface area contributed by atoms with Gasteiger partial charge in [-0.2, -0.15) is 5.10 Å². The first-order valence-corrected chi connectivity index (χ1v) is 8.46. The van der Waals surface area contributed by atoms with Crippen molar-refractivity contribution >= 4 is 33.5 Å². The molecule has 6 heteroatoms. The number of nitrogens with zero attached hydrogens (tertiary/aromatic N) is 2. The lowest BCUT2D eigenvalue weighted by Crippen LogP contribution is -2.19. The third kappa shape index (κ3) is 3.08. The Morgan fingerprint density at radius 2 is 2.33 bits per heavy atom. The predicted molar refractivity (Wildman–Crippen MR) is 89.9 cm³/mol. The average Bonchev–Trinajstić information content (AvgIpc) is 2.85. The van der Waals surface area contributed by atoms with Crippen LogP contribution in [0.2, 0.25) is 0 Å². The largest absolute Gasteiger partial charge is 0.388 e. The number of aliphatic hydroxyl groups is 1. The van der Waals surface area contributed by atoms with E-state index in [9.17, 15) is 5.11 Å². The van der Waals surface area contributed by atoms with E-state index in [1.165, 1.54) is 6.42 Å². The van der Waals surface area contributed by atoms with E-state index in [0.717, 1.165) is 39.6 Å². The van der Waals surface area contributed by atoms with Crippen molar-refractivity contribution in [2.45, 2.75) is 38.0 Å². The molecule has 2 aromatic rings. The summed E-state index contributed by atoms with van der Waals surface area (Å²) in [6.07, 6.45) is 3.40. The van der Waals surface area contributed by atoms with Gasteiger partial charge < -0.3 is 15.6 Å². The lowest BCUT2D eigenvalue weighted by molar-refractivity contribution is -0.0368. The number of benzene rings is 1. The van der Waals surface area contributed by atoms with Crippen LogP contribution in [-0.2, 0) is 4.74 Å². The molecule has 1 aromatic carbocycles. The molecule has 21 heavy (non-hydrogen) atoms. The minimum absolute atomic E-state index is 0.0320. The van der Waals surface area contributed by atoms with Gasteiger partial charge in [-0.05, 0) is 72.5 Å². The molecular weight excluding hydrogens is 381 g/mol. The summed E-state index contributed by atoms with van der Waals surface area (Å²) in [5, 5.41) is 15.8. The molecule has 114 valence electrons. The van der Waals surface area contributed by atoms with E-state index in [-0.39, 0.29) is 6.23 Å². The number of hydrogen-bond acceptors (Lipinski definition) is 4. The first kappa shape index (κ1) is 15.2. The van der Waals surface area contributed by atoms with E-state index >= 15 is 0 Å². The van der Waals surface area contributed by atoms with Gasteiger partial charge in [0.2, 0.25) is 0 Å². The van der Waals surface area contributed by atoms with Gasteiger partial charge in [-0.25, -0.2) is 4.68 Å². The van der Waals surface area contributed by atoms with Crippen molar-refractivity contribution in [1.82, 2.24) is 9.78 Å². The van der Waals surface area contributed by atoms with Crippen LogP contribution in [0, 0.1) is 3.70 Å². The molecule has 1 fully saturated rings. The maximum atomic E-state index is 10.1. The van der Waals surface area contributed by atoms with Gasteiger partial charge in [-0.15, -0.1) is 0 Å². The zero-order chi connectivity index (χ0) is 14.8. The molecule has 0 amide bonds. The summed E-state index contributed by atoms with van der Waals surface area (Å²) in [5.74, 6) is 0. The van der Waals surface area contributed by atoms with Crippen LogP contribution in [0.1, 0.15) is 43.6 Å². The second-order valence-corrected chi connectivity index (χ2v) is 6.45. The van der Waals surface area contributed by atoms with Crippen LogP contribution in [0.3, 0.4) is 0 Å². The predicted octanol–water partition coefficient (Wildman–Crippen LogP) is 2.72. The lowest BCUT2D eigenvalue weighted by atomic mass is 10.0. The molecule has 0 radical (unpaired) electrons. The number of halogens is 1. The van der Waals surface area contributed by atoms with Gasteiger partial charge in [0.15, 0.2) is 6.23 Å². The van der Waals surface area contributed by atoms with E-state index in [1.54, 1.807) is 0 Å². The Hall–Kier alpha value is -0.700. The summed E-state index contributed by atoms with van der Waals surface area (Å²) in [6, 6.07) is 6.00.